The Balaban J connectivity index is 2.04. The summed E-state index contributed by atoms with van der Waals surface area (Å²) in [4.78, 5) is 17.0. The van der Waals surface area contributed by atoms with E-state index >= 15 is 0 Å². The van der Waals surface area contributed by atoms with Crippen LogP contribution in [0.2, 0.25) is 0 Å². The molecular weight excluding hydrogens is 226 g/mol. The van der Waals surface area contributed by atoms with Gasteiger partial charge < -0.3 is 14.4 Å². The fraction of sp³-hybridized carbons (Fsp3) is 0.700. The Kier molecular flexibility index (Phi) is 3.70. The average Bonchev–Trinajstić information content (AvgIpc) is 2.96. The Morgan fingerprint density at radius 3 is 3.06 bits per heavy atom. The first-order valence-electron chi connectivity index (χ1n) is 5.52. The summed E-state index contributed by atoms with van der Waals surface area (Å²) in [5.41, 5.74) is 0. The third kappa shape index (κ3) is 2.62. The number of hydrogen-bond donors (Lipinski definition) is 1. The first-order valence-corrected chi connectivity index (χ1v) is 5.52. The molecule has 1 aromatic heterocycles. The highest BCUT2D eigenvalue weighted by Gasteiger charge is 2.37. The highest BCUT2D eigenvalue weighted by atomic mass is 16.5. The minimum Gasteiger partial charge on any atom is -0.481 e. The van der Waals surface area contributed by atoms with Crippen LogP contribution in [-0.4, -0.2) is 51.9 Å². The van der Waals surface area contributed by atoms with E-state index in [9.17, 15) is 4.79 Å². The van der Waals surface area contributed by atoms with Gasteiger partial charge in [-0.3, -0.25) is 9.69 Å². The zero-order valence-electron chi connectivity index (χ0n) is 9.57. The van der Waals surface area contributed by atoms with Crippen LogP contribution in [0.3, 0.4) is 0 Å². The summed E-state index contributed by atoms with van der Waals surface area (Å²) in [6.07, 6.45) is 1.27. The fourth-order valence-electron chi connectivity index (χ4n) is 2.05. The molecule has 0 bridgehead atoms. The van der Waals surface area contributed by atoms with Crippen molar-refractivity contribution in [2.24, 2.45) is 5.92 Å². The van der Waals surface area contributed by atoms with Gasteiger partial charge in [0, 0.05) is 6.04 Å². The lowest BCUT2D eigenvalue weighted by molar-refractivity contribution is -0.143. The summed E-state index contributed by atoms with van der Waals surface area (Å²) >= 11 is 0. The minimum absolute atomic E-state index is 0.129. The van der Waals surface area contributed by atoms with Crippen molar-refractivity contribution in [3.63, 3.8) is 0 Å². The largest absolute Gasteiger partial charge is 0.481 e. The van der Waals surface area contributed by atoms with Gasteiger partial charge in [0.2, 0.25) is 6.39 Å². The number of rotatable bonds is 5. The van der Waals surface area contributed by atoms with Crippen molar-refractivity contribution >= 4 is 5.97 Å². The molecule has 1 N–H and O–H groups in total. The van der Waals surface area contributed by atoms with E-state index in [1.165, 1.54) is 6.39 Å². The van der Waals surface area contributed by atoms with Gasteiger partial charge in [0.25, 0.3) is 0 Å². The monoisotopic (exact) mass is 241 g/mol. The molecule has 0 saturated carbocycles. The van der Waals surface area contributed by atoms with Gasteiger partial charge in [-0.25, -0.2) is 0 Å². The van der Waals surface area contributed by atoms with E-state index in [2.05, 4.69) is 14.7 Å². The molecule has 1 fully saturated rings. The number of hydrogen-bond acceptors (Lipinski definition) is 6. The Bertz CT molecular complexity index is 368. The molecule has 1 aromatic rings. The average molecular weight is 241 g/mol. The van der Waals surface area contributed by atoms with Crippen LogP contribution in [0.15, 0.2) is 10.9 Å². The van der Waals surface area contributed by atoms with Crippen molar-refractivity contribution in [2.75, 3.05) is 19.8 Å². The third-order valence-electron chi connectivity index (χ3n) is 2.99. The smallest absolute Gasteiger partial charge is 0.310 e. The number of carboxylic acid groups (broad SMARTS) is 1. The summed E-state index contributed by atoms with van der Waals surface area (Å²) in [5, 5.41) is 12.8. The predicted molar refractivity (Wildman–Crippen MR) is 56.1 cm³/mol. The van der Waals surface area contributed by atoms with Crippen LogP contribution in [0.4, 0.5) is 0 Å². The van der Waals surface area contributed by atoms with Crippen LogP contribution < -0.4 is 0 Å². The first-order chi connectivity index (χ1) is 8.22. The third-order valence-corrected chi connectivity index (χ3v) is 2.99. The molecule has 2 heterocycles. The Morgan fingerprint density at radius 1 is 1.65 bits per heavy atom. The standard InChI is InChI=1S/C10H15N3O4/c1-2-13(3-9-11-6-17-12-9)8-5-16-4-7(8)10(14)15/h6-8H,2-5H2,1H3,(H,14,15). The van der Waals surface area contributed by atoms with Crippen molar-refractivity contribution in [1.29, 1.82) is 0 Å². The number of nitrogens with zero attached hydrogens (tertiary/aromatic N) is 3. The van der Waals surface area contributed by atoms with Gasteiger partial charge in [0.15, 0.2) is 5.82 Å². The van der Waals surface area contributed by atoms with E-state index in [0.29, 0.717) is 25.5 Å². The molecule has 0 aromatic carbocycles. The van der Waals surface area contributed by atoms with Gasteiger partial charge in [-0.2, -0.15) is 4.98 Å². The van der Waals surface area contributed by atoms with Crippen LogP contribution in [0.25, 0.3) is 0 Å². The zero-order valence-corrected chi connectivity index (χ0v) is 9.57. The van der Waals surface area contributed by atoms with Crippen LogP contribution in [0, 0.1) is 5.92 Å². The molecular formula is C10H15N3O4. The Hall–Kier alpha value is -1.47. The lowest BCUT2D eigenvalue weighted by atomic mass is 10.0. The van der Waals surface area contributed by atoms with Crippen molar-refractivity contribution in [3.05, 3.63) is 12.2 Å². The maximum absolute atomic E-state index is 11.1. The lowest BCUT2D eigenvalue weighted by Crippen LogP contribution is -2.42. The molecule has 7 nitrogen and oxygen atoms in total. The molecule has 0 spiro atoms. The Labute approximate surface area is 98.4 Å². The molecule has 94 valence electrons. The molecule has 0 radical (unpaired) electrons. The van der Waals surface area contributed by atoms with Gasteiger partial charge in [0.1, 0.15) is 0 Å². The number of ether oxygens (including phenoxy) is 1. The molecule has 0 aliphatic carbocycles. The summed E-state index contributed by atoms with van der Waals surface area (Å²) in [5.74, 6) is -0.746. The first kappa shape index (κ1) is 12.0. The molecule has 17 heavy (non-hydrogen) atoms. The summed E-state index contributed by atoms with van der Waals surface area (Å²) in [7, 11) is 0. The van der Waals surface area contributed by atoms with E-state index in [4.69, 9.17) is 9.84 Å². The second kappa shape index (κ2) is 5.24. The summed E-state index contributed by atoms with van der Waals surface area (Å²) < 4.78 is 9.91. The van der Waals surface area contributed by atoms with Crippen molar-refractivity contribution in [3.8, 4) is 0 Å². The molecule has 7 heteroatoms. The van der Waals surface area contributed by atoms with Crippen molar-refractivity contribution in [1.82, 2.24) is 15.0 Å². The normalized spacial score (nSPS) is 24.4. The molecule has 1 aliphatic rings. The highest BCUT2D eigenvalue weighted by molar-refractivity contribution is 5.71. The second-order valence-electron chi connectivity index (χ2n) is 3.96. The molecule has 2 rings (SSSR count). The lowest BCUT2D eigenvalue weighted by Gasteiger charge is -2.27. The topological polar surface area (TPSA) is 88.7 Å². The zero-order chi connectivity index (χ0) is 12.3. The number of aromatic nitrogens is 2. The predicted octanol–water partition coefficient (Wildman–Crippen LogP) is -0.00890. The van der Waals surface area contributed by atoms with Gasteiger partial charge in [-0.15, -0.1) is 0 Å². The van der Waals surface area contributed by atoms with Gasteiger partial charge >= 0.3 is 5.97 Å². The van der Waals surface area contributed by atoms with Crippen LogP contribution in [-0.2, 0) is 16.1 Å². The maximum Gasteiger partial charge on any atom is 0.310 e. The molecule has 0 amide bonds. The molecule has 1 saturated heterocycles. The second-order valence-corrected chi connectivity index (χ2v) is 3.96. The van der Waals surface area contributed by atoms with Crippen molar-refractivity contribution < 1.29 is 19.2 Å². The van der Waals surface area contributed by atoms with E-state index < -0.39 is 11.9 Å². The number of carboxylic acids is 1. The molecule has 2 unspecified atom stereocenters. The SMILES string of the molecule is CCN(Cc1ncon1)C1COCC1C(=O)O. The molecule has 1 aliphatic heterocycles. The summed E-state index contributed by atoms with van der Waals surface area (Å²) in [6.45, 7) is 3.86. The fourth-order valence-corrected chi connectivity index (χ4v) is 2.05. The number of aliphatic carboxylic acids is 1. The van der Waals surface area contributed by atoms with E-state index in [1.54, 1.807) is 0 Å². The quantitative estimate of drug-likeness (QED) is 0.775. The Morgan fingerprint density at radius 2 is 2.47 bits per heavy atom. The highest BCUT2D eigenvalue weighted by Crippen LogP contribution is 2.21. The van der Waals surface area contributed by atoms with E-state index in [0.717, 1.165) is 0 Å². The molecule has 2 atom stereocenters. The van der Waals surface area contributed by atoms with Gasteiger partial charge in [-0.1, -0.05) is 12.1 Å². The van der Waals surface area contributed by atoms with Gasteiger partial charge in [0.05, 0.1) is 25.7 Å². The summed E-state index contributed by atoms with van der Waals surface area (Å²) in [6, 6.07) is -0.129. The van der Waals surface area contributed by atoms with Crippen LogP contribution in [0.5, 0.6) is 0 Å². The van der Waals surface area contributed by atoms with E-state index in [-0.39, 0.29) is 12.6 Å². The van der Waals surface area contributed by atoms with Crippen molar-refractivity contribution in [2.45, 2.75) is 19.5 Å². The maximum atomic E-state index is 11.1. The van der Waals surface area contributed by atoms with Crippen LogP contribution in [0.1, 0.15) is 12.7 Å². The van der Waals surface area contributed by atoms with Crippen LogP contribution >= 0.6 is 0 Å². The van der Waals surface area contributed by atoms with E-state index in [1.807, 2.05) is 11.8 Å². The number of likely N-dealkylation sites (N-methyl/N-ethyl adjacent to an activating group) is 1. The van der Waals surface area contributed by atoms with Gasteiger partial charge in [-0.05, 0) is 6.54 Å². The minimum atomic E-state index is -0.820. The number of carbonyl (C=O) groups is 1.